The molecule has 0 fully saturated rings. The summed E-state index contributed by atoms with van der Waals surface area (Å²) in [5, 5.41) is 0. The molecule has 1 amide bonds. The summed E-state index contributed by atoms with van der Waals surface area (Å²) in [4.78, 5) is 42.1. The lowest BCUT2D eigenvalue weighted by Gasteiger charge is -2.30. The summed E-state index contributed by atoms with van der Waals surface area (Å²) >= 11 is 1.13. The van der Waals surface area contributed by atoms with Gasteiger partial charge in [0.15, 0.2) is 4.80 Å². The largest absolute Gasteiger partial charge is 0.465 e. The van der Waals surface area contributed by atoms with Gasteiger partial charge in [-0.1, -0.05) is 29.5 Å². The molecule has 10 nitrogen and oxygen atoms in total. The molecule has 0 atom stereocenters. The van der Waals surface area contributed by atoms with Crippen molar-refractivity contribution < 1.29 is 32.3 Å². The van der Waals surface area contributed by atoms with Crippen LogP contribution in [0.15, 0.2) is 76.6 Å². The molecule has 1 aliphatic rings. The number of aryl methyl sites for hydroxylation is 1. The van der Waals surface area contributed by atoms with Gasteiger partial charge in [-0.3, -0.25) is 13.9 Å². The first-order valence-corrected chi connectivity index (χ1v) is 15.2. The van der Waals surface area contributed by atoms with Crippen LogP contribution >= 0.6 is 11.3 Å². The SMILES string of the molecule is CCOC(=O)Cn1c(=NC(=O)c2ccc(S(=O)(=O)N3CCCc4ccccc43)cc2)sc2cc(C(=O)OC)ccc21. The molecule has 4 aromatic rings. The summed E-state index contributed by atoms with van der Waals surface area (Å²) in [7, 11) is -2.55. The number of esters is 2. The first-order valence-electron chi connectivity index (χ1n) is 12.9. The van der Waals surface area contributed by atoms with Gasteiger partial charge in [0.1, 0.15) is 6.54 Å². The van der Waals surface area contributed by atoms with Crippen LogP contribution in [0, 0.1) is 0 Å². The number of nitrogens with zero attached hydrogens (tertiary/aromatic N) is 3. The Morgan fingerprint density at radius 1 is 1.00 bits per heavy atom. The van der Waals surface area contributed by atoms with E-state index in [4.69, 9.17) is 9.47 Å². The number of rotatable bonds is 7. The summed E-state index contributed by atoms with van der Waals surface area (Å²) < 4.78 is 40.4. The minimum absolute atomic E-state index is 0.0697. The fraction of sp³-hybridized carbons (Fsp3) is 0.241. The van der Waals surface area contributed by atoms with Crippen LogP contribution in [0.25, 0.3) is 10.2 Å². The number of carbonyl (C=O) groups is 3. The maximum absolute atomic E-state index is 13.5. The third kappa shape index (κ3) is 5.66. The van der Waals surface area contributed by atoms with Crippen LogP contribution in [0.3, 0.4) is 0 Å². The number of benzene rings is 3. The van der Waals surface area contributed by atoms with E-state index in [1.807, 2.05) is 18.2 Å². The second-order valence-corrected chi connectivity index (χ2v) is 12.1. The molecule has 0 spiro atoms. The Morgan fingerprint density at radius 3 is 2.46 bits per heavy atom. The molecule has 3 aromatic carbocycles. The smallest absolute Gasteiger partial charge is 0.337 e. The van der Waals surface area contributed by atoms with Crippen LogP contribution in [0.4, 0.5) is 5.69 Å². The van der Waals surface area contributed by atoms with E-state index in [9.17, 15) is 22.8 Å². The number of sulfonamides is 1. The molecule has 1 aromatic heterocycles. The molecule has 2 heterocycles. The standard InChI is InChI=1S/C29H27N3O7S2/c1-3-39-26(33)18-31-24-15-12-21(28(35)38-2)17-25(24)40-29(31)30-27(34)20-10-13-22(14-11-20)41(36,37)32-16-6-8-19-7-4-5-9-23(19)32/h4-5,7,9-15,17H,3,6,8,16,18H2,1-2H3. The Labute approximate surface area is 240 Å². The fourth-order valence-electron chi connectivity index (χ4n) is 4.69. The van der Waals surface area contributed by atoms with Gasteiger partial charge in [0, 0.05) is 12.1 Å². The molecule has 0 radical (unpaired) electrons. The van der Waals surface area contributed by atoms with Crippen molar-refractivity contribution in [3.8, 4) is 0 Å². The molecule has 0 N–H and O–H groups in total. The van der Waals surface area contributed by atoms with E-state index in [0.29, 0.717) is 34.4 Å². The molecule has 0 unspecified atom stereocenters. The number of para-hydroxylation sites is 1. The van der Waals surface area contributed by atoms with Crippen LogP contribution in [-0.2, 0) is 37.3 Å². The number of thiazole rings is 1. The molecule has 5 rings (SSSR count). The number of aromatic nitrogens is 1. The van der Waals surface area contributed by atoms with Crippen molar-refractivity contribution >= 4 is 55.1 Å². The van der Waals surface area contributed by atoms with Gasteiger partial charge in [-0.25, -0.2) is 13.2 Å². The zero-order valence-corrected chi connectivity index (χ0v) is 24.0. The third-order valence-corrected chi connectivity index (χ3v) is 9.52. The van der Waals surface area contributed by atoms with Gasteiger partial charge >= 0.3 is 11.9 Å². The van der Waals surface area contributed by atoms with E-state index in [2.05, 4.69) is 4.99 Å². The highest BCUT2D eigenvalue weighted by molar-refractivity contribution is 7.92. The molecule has 1 aliphatic heterocycles. The number of hydrogen-bond donors (Lipinski definition) is 0. The lowest BCUT2D eigenvalue weighted by Crippen LogP contribution is -2.35. The summed E-state index contributed by atoms with van der Waals surface area (Å²) in [6.07, 6.45) is 1.53. The molecule has 212 valence electrons. The minimum Gasteiger partial charge on any atom is -0.465 e. The zero-order valence-electron chi connectivity index (χ0n) is 22.4. The Balaban J connectivity index is 1.48. The number of anilines is 1. The van der Waals surface area contributed by atoms with E-state index in [1.54, 1.807) is 35.8 Å². The van der Waals surface area contributed by atoms with Crippen LogP contribution in [0.5, 0.6) is 0 Å². The molecule has 41 heavy (non-hydrogen) atoms. The fourth-order valence-corrected chi connectivity index (χ4v) is 7.30. The molecule has 0 saturated carbocycles. The second kappa shape index (κ2) is 11.7. The van der Waals surface area contributed by atoms with Crippen molar-refractivity contribution in [2.45, 2.75) is 31.2 Å². The summed E-state index contributed by atoms with van der Waals surface area (Å²) in [5.74, 6) is -1.64. The lowest BCUT2D eigenvalue weighted by molar-refractivity contribution is -0.143. The summed E-state index contributed by atoms with van der Waals surface area (Å²) in [6, 6.07) is 17.9. The van der Waals surface area contributed by atoms with E-state index in [0.717, 1.165) is 23.3 Å². The highest BCUT2D eigenvalue weighted by Gasteiger charge is 2.29. The normalized spacial score (nSPS) is 13.6. The van der Waals surface area contributed by atoms with Gasteiger partial charge in [-0.05, 0) is 73.9 Å². The van der Waals surface area contributed by atoms with Crippen LogP contribution in [-0.4, -0.2) is 51.1 Å². The molecule has 12 heteroatoms. The number of ether oxygens (including phenoxy) is 2. The average molecular weight is 594 g/mol. The number of hydrogen-bond acceptors (Lipinski definition) is 8. The van der Waals surface area contributed by atoms with Gasteiger partial charge < -0.3 is 14.0 Å². The Hall–Kier alpha value is -4.29. The van der Waals surface area contributed by atoms with Gasteiger partial charge in [0.2, 0.25) is 0 Å². The summed E-state index contributed by atoms with van der Waals surface area (Å²) in [6.45, 7) is 2.07. The average Bonchev–Trinajstić information content (AvgIpc) is 3.31. The maximum Gasteiger partial charge on any atom is 0.337 e. The quantitative estimate of drug-likeness (QED) is 0.297. The Morgan fingerprint density at radius 2 is 1.73 bits per heavy atom. The summed E-state index contributed by atoms with van der Waals surface area (Å²) in [5.41, 5.74) is 2.73. The van der Waals surface area contributed by atoms with E-state index in [-0.39, 0.29) is 28.4 Å². The number of fused-ring (bicyclic) bond motifs is 2. The van der Waals surface area contributed by atoms with Crippen molar-refractivity contribution in [1.29, 1.82) is 0 Å². The van der Waals surface area contributed by atoms with Crippen molar-refractivity contribution in [3.05, 3.63) is 88.2 Å². The predicted octanol–water partition coefficient (Wildman–Crippen LogP) is 3.94. The molecular formula is C29H27N3O7S2. The van der Waals surface area contributed by atoms with E-state index in [1.165, 1.54) is 35.7 Å². The monoisotopic (exact) mass is 593 g/mol. The van der Waals surface area contributed by atoms with E-state index >= 15 is 0 Å². The van der Waals surface area contributed by atoms with Crippen molar-refractivity contribution in [3.63, 3.8) is 0 Å². The Kier molecular flexibility index (Phi) is 8.04. The first-order chi connectivity index (χ1) is 19.7. The Bertz CT molecular complexity index is 1820. The molecular weight excluding hydrogens is 566 g/mol. The molecule has 0 saturated heterocycles. The van der Waals surface area contributed by atoms with Gasteiger partial charge in [-0.2, -0.15) is 4.99 Å². The van der Waals surface area contributed by atoms with Crippen LogP contribution in [0.2, 0.25) is 0 Å². The zero-order chi connectivity index (χ0) is 29.1. The van der Waals surface area contributed by atoms with Crippen molar-refractivity contribution in [2.24, 2.45) is 4.99 Å². The maximum atomic E-state index is 13.5. The van der Waals surface area contributed by atoms with Gasteiger partial charge in [0.25, 0.3) is 15.9 Å². The topological polar surface area (TPSA) is 124 Å². The van der Waals surface area contributed by atoms with Crippen molar-refractivity contribution in [1.82, 2.24) is 4.57 Å². The number of methoxy groups -OCH3 is 1. The predicted molar refractivity (Wildman–Crippen MR) is 153 cm³/mol. The second-order valence-electron chi connectivity index (χ2n) is 9.20. The van der Waals surface area contributed by atoms with Crippen molar-refractivity contribution in [2.75, 3.05) is 24.6 Å². The van der Waals surface area contributed by atoms with Gasteiger partial charge in [0.05, 0.1) is 40.1 Å². The van der Waals surface area contributed by atoms with E-state index < -0.39 is 27.9 Å². The molecule has 0 aliphatic carbocycles. The molecule has 0 bridgehead atoms. The first kappa shape index (κ1) is 28.2. The lowest BCUT2D eigenvalue weighted by atomic mass is 10.0. The minimum atomic E-state index is -3.83. The van der Waals surface area contributed by atoms with Gasteiger partial charge in [-0.15, -0.1) is 0 Å². The number of amides is 1. The highest BCUT2D eigenvalue weighted by Crippen LogP contribution is 2.32. The highest BCUT2D eigenvalue weighted by atomic mass is 32.2. The van der Waals surface area contributed by atoms with Crippen LogP contribution < -0.4 is 9.11 Å². The number of carbonyl (C=O) groups excluding carboxylic acids is 3. The third-order valence-electron chi connectivity index (χ3n) is 6.65. The van der Waals surface area contributed by atoms with Crippen LogP contribution in [0.1, 0.15) is 39.6 Å².